The summed E-state index contributed by atoms with van der Waals surface area (Å²) in [6, 6.07) is 0. The summed E-state index contributed by atoms with van der Waals surface area (Å²) < 4.78 is 5.41. The van der Waals surface area contributed by atoms with E-state index in [9.17, 15) is 15.3 Å². The van der Waals surface area contributed by atoms with Crippen LogP contribution >= 0.6 is 12.2 Å². The van der Waals surface area contributed by atoms with Crippen molar-refractivity contribution < 1.29 is 20.1 Å². The molecule has 0 aliphatic heterocycles. The molecule has 0 aliphatic rings. The van der Waals surface area contributed by atoms with Gasteiger partial charge in [-0.2, -0.15) is 0 Å². The van der Waals surface area contributed by atoms with Gasteiger partial charge in [-0.1, -0.05) is 64.7 Å². The fourth-order valence-corrected chi connectivity index (χ4v) is 2.55. The van der Waals surface area contributed by atoms with Crippen LogP contribution in [0.15, 0.2) is 0 Å². The number of unbranched alkanes of at least 4 members (excludes halogenated alkanes) is 9. The first kappa shape index (κ1) is 22.8. The van der Waals surface area contributed by atoms with E-state index >= 15 is 0 Å². The maximum Gasteiger partial charge on any atom is 0.159 e. The van der Waals surface area contributed by atoms with E-state index in [2.05, 4.69) is 6.92 Å². The van der Waals surface area contributed by atoms with Crippen LogP contribution < -0.4 is 0 Å². The Labute approximate surface area is 147 Å². The van der Waals surface area contributed by atoms with Crippen molar-refractivity contribution in [3.05, 3.63) is 0 Å². The van der Waals surface area contributed by atoms with Gasteiger partial charge in [-0.3, -0.25) is 0 Å². The SMILES string of the molecule is CCCCCCCCCCCCC(=S)OCC(CO)(CO)CO. The third-order valence-corrected chi connectivity index (χ3v) is 4.60. The molecule has 0 fully saturated rings. The maximum absolute atomic E-state index is 9.21. The standard InChI is InChI=1S/C18H36O4S/c1-2-3-4-5-6-7-8-9-10-11-12-17(23)22-16-18(13-19,14-20)15-21/h19-21H,2-16H2,1H3. The fraction of sp³-hybridized carbons (Fsp3) is 0.944. The Morgan fingerprint density at radius 2 is 1.22 bits per heavy atom. The van der Waals surface area contributed by atoms with Gasteiger partial charge in [0.25, 0.3) is 0 Å². The van der Waals surface area contributed by atoms with Gasteiger partial charge >= 0.3 is 0 Å². The molecule has 0 aromatic carbocycles. The van der Waals surface area contributed by atoms with Crippen LogP contribution in [0.1, 0.15) is 77.6 Å². The topological polar surface area (TPSA) is 69.9 Å². The molecule has 0 radical (unpaired) electrons. The summed E-state index contributed by atoms with van der Waals surface area (Å²) in [6.07, 6.45) is 13.5. The molecule has 0 spiro atoms. The minimum absolute atomic E-state index is 0.0626. The predicted octanol–water partition coefficient (Wildman–Crippen LogP) is 3.60. The summed E-state index contributed by atoms with van der Waals surface area (Å²) in [5, 5.41) is 28.1. The van der Waals surface area contributed by atoms with Crippen molar-refractivity contribution >= 4 is 17.3 Å². The molecule has 0 unspecified atom stereocenters. The third-order valence-electron chi connectivity index (χ3n) is 4.28. The zero-order valence-electron chi connectivity index (χ0n) is 14.8. The van der Waals surface area contributed by atoms with Gasteiger partial charge in [-0.05, 0) is 18.6 Å². The third kappa shape index (κ3) is 11.9. The van der Waals surface area contributed by atoms with Gasteiger partial charge in [-0.25, -0.2) is 0 Å². The van der Waals surface area contributed by atoms with Crippen LogP contribution in [-0.4, -0.2) is 46.8 Å². The molecule has 138 valence electrons. The van der Waals surface area contributed by atoms with E-state index in [1.54, 1.807) is 0 Å². The molecule has 0 amide bonds. The highest BCUT2D eigenvalue weighted by Gasteiger charge is 2.29. The summed E-state index contributed by atoms with van der Waals surface area (Å²) in [4.78, 5) is 0. The van der Waals surface area contributed by atoms with E-state index in [1.807, 2.05) is 0 Å². The zero-order chi connectivity index (χ0) is 17.4. The second-order valence-corrected chi connectivity index (χ2v) is 7.02. The summed E-state index contributed by atoms with van der Waals surface area (Å²) in [5.41, 5.74) is -0.998. The van der Waals surface area contributed by atoms with E-state index in [0.717, 1.165) is 19.3 Å². The Hall–Kier alpha value is -0.230. The van der Waals surface area contributed by atoms with Crippen molar-refractivity contribution in [3.63, 3.8) is 0 Å². The predicted molar refractivity (Wildman–Crippen MR) is 98.7 cm³/mol. The van der Waals surface area contributed by atoms with Crippen molar-refractivity contribution in [2.45, 2.75) is 77.6 Å². The number of ether oxygens (including phenoxy) is 1. The highest BCUT2D eigenvalue weighted by atomic mass is 32.1. The van der Waals surface area contributed by atoms with Gasteiger partial charge in [-0.15, -0.1) is 0 Å². The van der Waals surface area contributed by atoms with Gasteiger partial charge in [0.1, 0.15) is 6.61 Å². The summed E-state index contributed by atoms with van der Waals surface area (Å²) in [5.74, 6) is 0. The monoisotopic (exact) mass is 348 g/mol. The van der Waals surface area contributed by atoms with Crippen LogP contribution in [0.4, 0.5) is 0 Å². The molecule has 0 rings (SSSR count). The molecule has 0 atom stereocenters. The van der Waals surface area contributed by atoms with Crippen LogP contribution in [0.25, 0.3) is 0 Å². The van der Waals surface area contributed by atoms with Crippen LogP contribution in [0.2, 0.25) is 0 Å². The highest BCUT2D eigenvalue weighted by Crippen LogP contribution is 2.16. The number of rotatable bonds is 16. The molecular weight excluding hydrogens is 312 g/mol. The molecule has 0 aromatic heterocycles. The lowest BCUT2D eigenvalue weighted by Crippen LogP contribution is -2.39. The van der Waals surface area contributed by atoms with Crippen molar-refractivity contribution in [2.24, 2.45) is 5.41 Å². The second-order valence-electron chi connectivity index (χ2n) is 6.57. The summed E-state index contributed by atoms with van der Waals surface area (Å²) in [6.45, 7) is 1.35. The van der Waals surface area contributed by atoms with E-state index < -0.39 is 5.41 Å². The Bertz CT molecular complexity index is 272. The minimum Gasteiger partial charge on any atom is -0.486 e. The normalized spacial score (nSPS) is 11.7. The van der Waals surface area contributed by atoms with Crippen LogP contribution in [-0.2, 0) is 4.74 Å². The number of aliphatic hydroxyl groups excluding tert-OH is 3. The number of aliphatic hydroxyl groups is 3. The molecule has 4 nitrogen and oxygen atoms in total. The van der Waals surface area contributed by atoms with Gasteiger partial charge in [0.15, 0.2) is 5.05 Å². The van der Waals surface area contributed by atoms with E-state index in [0.29, 0.717) is 5.05 Å². The first-order valence-electron chi connectivity index (χ1n) is 9.12. The molecule has 3 N–H and O–H groups in total. The fourth-order valence-electron chi connectivity index (χ4n) is 2.35. The molecule has 0 aliphatic carbocycles. The number of hydrogen-bond donors (Lipinski definition) is 3. The molecule has 23 heavy (non-hydrogen) atoms. The van der Waals surface area contributed by atoms with Crippen molar-refractivity contribution in [1.82, 2.24) is 0 Å². The molecule has 0 bridgehead atoms. The Kier molecular flexibility index (Phi) is 15.2. The lowest BCUT2D eigenvalue weighted by molar-refractivity contribution is -0.0288. The van der Waals surface area contributed by atoms with Crippen LogP contribution in [0, 0.1) is 5.41 Å². The van der Waals surface area contributed by atoms with Gasteiger partial charge in [0.05, 0.1) is 25.2 Å². The lowest BCUT2D eigenvalue weighted by atomic mass is 9.93. The quantitative estimate of drug-likeness (QED) is 0.294. The second kappa shape index (κ2) is 15.3. The van der Waals surface area contributed by atoms with Crippen molar-refractivity contribution in [2.75, 3.05) is 26.4 Å². The molecule has 0 saturated heterocycles. The average molecular weight is 349 g/mol. The highest BCUT2D eigenvalue weighted by molar-refractivity contribution is 7.80. The summed E-state index contributed by atoms with van der Waals surface area (Å²) >= 11 is 5.16. The smallest absolute Gasteiger partial charge is 0.159 e. The maximum atomic E-state index is 9.21. The Balaban J connectivity index is 3.50. The Morgan fingerprint density at radius 1 is 0.783 bits per heavy atom. The molecule has 0 saturated carbocycles. The largest absolute Gasteiger partial charge is 0.486 e. The number of hydrogen-bond acceptors (Lipinski definition) is 5. The van der Waals surface area contributed by atoms with Gasteiger partial charge < -0.3 is 20.1 Å². The van der Waals surface area contributed by atoms with Crippen LogP contribution in [0.5, 0.6) is 0 Å². The van der Waals surface area contributed by atoms with Gasteiger partial charge in [0.2, 0.25) is 0 Å². The van der Waals surface area contributed by atoms with E-state index in [4.69, 9.17) is 17.0 Å². The van der Waals surface area contributed by atoms with Crippen LogP contribution in [0.3, 0.4) is 0 Å². The van der Waals surface area contributed by atoms with E-state index in [1.165, 1.54) is 51.4 Å². The van der Waals surface area contributed by atoms with E-state index in [-0.39, 0.29) is 26.4 Å². The molecule has 0 heterocycles. The molecular formula is C18H36O4S. The minimum atomic E-state index is -0.998. The lowest BCUT2D eigenvalue weighted by Gasteiger charge is -2.27. The first-order valence-corrected chi connectivity index (χ1v) is 9.53. The van der Waals surface area contributed by atoms with Crippen molar-refractivity contribution in [3.8, 4) is 0 Å². The number of thiocarbonyl (C=S) groups is 1. The molecule has 0 aromatic rings. The Morgan fingerprint density at radius 3 is 1.65 bits per heavy atom. The zero-order valence-corrected chi connectivity index (χ0v) is 15.6. The average Bonchev–Trinajstić information content (AvgIpc) is 2.58. The van der Waals surface area contributed by atoms with Gasteiger partial charge in [0, 0.05) is 6.42 Å². The van der Waals surface area contributed by atoms with Crippen molar-refractivity contribution in [1.29, 1.82) is 0 Å². The molecule has 5 heteroatoms. The summed E-state index contributed by atoms with van der Waals surface area (Å²) in [7, 11) is 0. The first-order chi connectivity index (χ1) is 11.1.